The Labute approximate surface area is 216 Å². The monoisotopic (exact) mass is 528 g/mol. The summed E-state index contributed by atoms with van der Waals surface area (Å²) >= 11 is 3.63. The third-order valence-electron chi connectivity index (χ3n) is 7.94. The molecule has 0 unspecified atom stereocenters. The topological polar surface area (TPSA) is 26.3 Å². The van der Waals surface area contributed by atoms with Crippen LogP contribution in [-0.4, -0.2) is 0 Å². The summed E-state index contributed by atoms with van der Waals surface area (Å²) < 4.78 is 13.8. The molecule has 2 nitrogen and oxygen atoms in total. The van der Waals surface area contributed by atoms with E-state index >= 15 is 0 Å². The maximum absolute atomic E-state index is 6.64. The molecule has 0 atom stereocenters. The van der Waals surface area contributed by atoms with Crippen molar-refractivity contribution in [3.05, 3.63) is 107 Å². The zero-order valence-corrected chi connectivity index (χ0v) is 21.4. The first-order chi connectivity index (χ1) is 17.5. The van der Waals surface area contributed by atoms with E-state index in [-0.39, 0.29) is 5.41 Å². The Balaban J connectivity index is 1.52. The summed E-state index contributed by atoms with van der Waals surface area (Å²) in [5, 5.41) is 4.55. The van der Waals surface area contributed by atoms with Crippen LogP contribution in [0.1, 0.15) is 25.0 Å². The summed E-state index contributed by atoms with van der Waals surface area (Å²) in [6.07, 6.45) is 0. The number of hydrogen-bond donors (Lipinski definition) is 0. The highest BCUT2D eigenvalue weighted by atomic mass is 79.9. The Bertz CT molecular complexity index is 2040. The van der Waals surface area contributed by atoms with E-state index in [4.69, 9.17) is 8.83 Å². The Morgan fingerprint density at radius 2 is 1.33 bits per heavy atom. The molecule has 36 heavy (non-hydrogen) atoms. The quantitative estimate of drug-likeness (QED) is 0.212. The maximum atomic E-state index is 6.64. The predicted octanol–water partition coefficient (Wildman–Crippen LogP) is 10.2. The average Bonchev–Trinajstić information content (AvgIpc) is 3.52. The molecular weight excluding hydrogens is 508 g/mol. The Hall–Kier alpha value is -3.82. The molecule has 3 heteroatoms. The minimum atomic E-state index is -0.120. The van der Waals surface area contributed by atoms with E-state index in [1.165, 1.54) is 33.2 Å². The Morgan fingerprint density at radius 1 is 0.611 bits per heavy atom. The van der Waals surface area contributed by atoms with Crippen molar-refractivity contribution in [2.45, 2.75) is 19.3 Å². The van der Waals surface area contributed by atoms with Crippen LogP contribution >= 0.6 is 15.9 Å². The van der Waals surface area contributed by atoms with E-state index in [0.717, 1.165) is 48.5 Å². The van der Waals surface area contributed by atoms with Gasteiger partial charge in [0.2, 0.25) is 0 Å². The molecule has 0 bridgehead atoms. The summed E-state index contributed by atoms with van der Waals surface area (Å²) in [6, 6.07) is 32.3. The molecular formula is C33H21BrO2. The predicted molar refractivity (Wildman–Crippen MR) is 152 cm³/mol. The van der Waals surface area contributed by atoms with Crippen molar-refractivity contribution < 1.29 is 8.83 Å². The fourth-order valence-corrected chi connectivity index (χ4v) is 6.56. The van der Waals surface area contributed by atoms with Crippen LogP contribution in [0.4, 0.5) is 0 Å². The molecule has 5 aromatic carbocycles. The molecule has 0 aliphatic heterocycles. The lowest BCUT2D eigenvalue weighted by Gasteiger charge is -2.22. The number of furan rings is 2. The second-order valence-electron chi connectivity index (χ2n) is 10.3. The second kappa shape index (κ2) is 6.89. The van der Waals surface area contributed by atoms with Gasteiger partial charge >= 0.3 is 0 Å². The molecule has 7 aromatic rings. The van der Waals surface area contributed by atoms with Crippen LogP contribution in [0.25, 0.3) is 66.1 Å². The fraction of sp³-hybridized carbons (Fsp3) is 0.0909. The van der Waals surface area contributed by atoms with Crippen molar-refractivity contribution in [2.24, 2.45) is 0 Å². The maximum Gasteiger partial charge on any atom is 0.144 e. The molecule has 1 aliphatic rings. The fourth-order valence-electron chi connectivity index (χ4n) is 6.20. The van der Waals surface area contributed by atoms with Gasteiger partial charge in [-0.1, -0.05) is 78.3 Å². The van der Waals surface area contributed by atoms with Crippen molar-refractivity contribution in [3.63, 3.8) is 0 Å². The van der Waals surface area contributed by atoms with Crippen LogP contribution in [-0.2, 0) is 5.41 Å². The highest BCUT2D eigenvalue weighted by molar-refractivity contribution is 9.10. The number of fused-ring (bicyclic) bond motifs is 10. The second-order valence-corrected chi connectivity index (χ2v) is 11.2. The van der Waals surface area contributed by atoms with Gasteiger partial charge in [-0.05, 0) is 70.3 Å². The summed E-state index contributed by atoms with van der Waals surface area (Å²) in [5.41, 5.74) is 11.1. The first-order valence-electron chi connectivity index (χ1n) is 12.2. The number of rotatable bonds is 1. The molecule has 0 radical (unpaired) electrons. The normalized spacial score (nSPS) is 14.2. The number of hydrogen-bond acceptors (Lipinski definition) is 2. The lowest BCUT2D eigenvalue weighted by molar-refractivity contribution is 0.653. The minimum absolute atomic E-state index is 0.120. The number of benzene rings is 5. The van der Waals surface area contributed by atoms with Gasteiger partial charge in [0.05, 0.1) is 0 Å². The Morgan fingerprint density at radius 3 is 2.22 bits per heavy atom. The van der Waals surface area contributed by atoms with E-state index in [1.54, 1.807) is 0 Å². The molecule has 0 N–H and O–H groups in total. The van der Waals surface area contributed by atoms with Crippen LogP contribution in [0.15, 0.2) is 104 Å². The van der Waals surface area contributed by atoms with E-state index in [0.29, 0.717) is 0 Å². The standard InChI is InChI=1S/C33H21BrO2/c1-33(2)25-9-5-3-7-20(25)31-26(33)17-22(30-21-8-4-6-10-27(21)36-32(30)31)18-11-13-28-23(15-18)24-16-19(34)12-14-29(24)35-28/h3-17H,1-2H3. The third-order valence-corrected chi connectivity index (χ3v) is 8.43. The van der Waals surface area contributed by atoms with Crippen molar-refractivity contribution in [3.8, 4) is 22.3 Å². The van der Waals surface area contributed by atoms with Crippen LogP contribution in [0.2, 0.25) is 0 Å². The van der Waals surface area contributed by atoms with Gasteiger partial charge in [0.25, 0.3) is 0 Å². The first-order valence-corrected chi connectivity index (χ1v) is 13.0. The molecule has 0 spiro atoms. The van der Waals surface area contributed by atoms with Gasteiger partial charge in [0, 0.05) is 37.0 Å². The van der Waals surface area contributed by atoms with Gasteiger partial charge in [-0.2, -0.15) is 0 Å². The SMILES string of the molecule is CC1(C)c2ccccc2-c2c1cc(-c1ccc3oc4ccc(Br)cc4c3c1)c1c2oc2ccccc21. The summed E-state index contributed by atoms with van der Waals surface area (Å²) in [4.78, 5) is 0. The van der Waals surface area contributed by atoms with Crippen LogP contribution < -0.4 is 0 Å². The van der Waals surface area contributed by atoms with Crippen molar-refractivity contribution in [2.75, 3.05) is 0 Å². The number of para-hydroxylation sites is 1. The van der Waals surface area contributed by atoms with Crippen LogP contribution in [0, 0.1) is 0 Å². The zero-order valence-electron chi connectivity index (χ0n) is 19.9. The van der Waals surface area contributed by atoms with Crippen molar-refractivity contribution in [1.29, 1.82) is 0 Å². The average molecular weight is 529 g/mol. The molecule has 1 aliphatic carbocycles. The van der Waals surface area contributed by atoms with Gasteiger partial charge < -0.3 is 8.83 Å². The Kier molecular flexibility index (Phi) is 3.90. The first kappa shape index (κ1) is 20.4. The van der Waals surface area contributed by atoms with Crippen molar-refractivity contribution >= 4 is 59.8 Å². The molecule has 0 fully saturated rings. The molecule has 2 aromatic heterocycles. The van der Waals surface area contributed by atoms with Gasteiger partial charge in [-0.15, -0.1) is 0 Å². The van der Waals surface area contributed by atoms with Gasteiger partial charge in [-0.25, -0.2) is 0 Å². The molecule has 8 rings (SSSR count). The highest BCUT2D eigenvalue weighted by Crippen LogP contribution is 2.54. The minimum Gasteiger partial charge on any atom is -0.456 e. The summed E-state index contributed by atoms with van der Waals surface area (Å²) in [7, 11) is 0. The number of halogens is 1. The summed E-state index contributed by atoms with van der Waals surface area (Å²) in [5.74, 6) is 0. The van der Waals surface area contributed by atoms with Gasteiger partial charge in [0.15, 0.2) is 0 Å². The summed E-state index contributed by atoms with van der Waals surface area (Å²) in [6.45, 7) is 4.64. The lowest BCUT2D eigenvalue weighted by Crippen LogP contribution is -2.15. The van der Waals surface area contributed by atoms with E-state index in [2.05, 4.69) is 103 Å². The smallest absolute Gasteiger partial charge is 0.144 e. The van der Waals surface area contributed by atoms with E-state index in [1.807, 2.05) is 18.2 Å². The molecule has 2 heterocycles. The highest BCUT2D eigenvalue weighted by Gasteiger charge is 2.38. The van der Waals surface area contributed by atoms with Crippen molar-refractivity contribution in [1.82, 2.24) is 0 Å². The van der Waals surface area contributed by atoms with E-state index in [9.17, 15) is 0 Å². The van der Waals surface area contributed by atoms with E-state index < -0.39 is 0 Å². The van der Waals surface area contributed by atoms with Crippen LogP contribution in [0.3, 0.4) is 0 Å². The lowest BCUT2D eigenvalue weighted by atomic mass is 9.81. The van der Waals surface area contributed by atoms with Crippen LogP contribution in [0.5, 0.6) is 0 Å². The van der Waals surface area contributed by atoms with Gasteiger partial charge in [0.1, 0.15) is 22.3 Å². The van der Waals surface area contributed by atoms with Gasteiger partial charge in [-0.3, -0.25) is 0 Å². The molecule has 0 saturated carbocycles. The molecule has 0 amide bonds. The molecule has 0 saturated heterocycles. The third kappa shape index (κ3) is 2.56. The zero-order chi connectivity index (χ0) is 24.2. The molecule has 172 valence electrons. The largest absolute Gasteiger partial charge is 0.456 e.